The van der Waals surface area contributed by atoms with Crippen molar-refractivity contribution in [3.05, 3.63) is 23.8 Å². The fourth-order valence-electron chi connectivity index (χ4n) is 2.76. The number of hydrogen-bond acceptors (Lipinski definition) is 3. The molecule has 2 aliphatic rings. The SMILES string of the molecule is CC1(C)CC1(C(=O)O)c1ccc2c(c1)OCO2. The molecule has 1 saturated carbocycles. The molecule has 1 heterocycles. The zero-order chi connectivity index (χ0) is 12.3. The Kier molecular flexibility index (Phi) is 1.81. The van der Waals surface area contributed by atoms with Crippen molar-refractivity contribution in [2.24, 2.45) is 5.41 Å². The third-order valence-corrected chi connectivity index (χ3v) is 3.97. The Morgan fingerprint density at radius 3 is 2.53 bits per heavy atom. The Balaban J connectivity index is 2.08. The van der Waals surface area contributed by atoms with E-state index in [1.54, 1.807) is 12.1 Å². The molecule has 17 heavy (non-hydrogen) atoms. The maximum atomic E-state index is 11.5. The molecule has 0 radical (unpaired) electrons. The van der Waals surface area contributed by atoms with Crippen LogP contribution in [0.5, 0.6) is 11.5 Å². The molecular formula is C13H14O4. The summed E-state index contributed by atoms with van der Waals surface area (Å²) in [7, 11) is 0. The lowest BCUT2D eigenvalue weighted by Gasteiger charge is -2.16. The van der Waals surface area contributed by atoms with Crippen LogP contribution in [0.2, 0.25) is 0 Å². The average Bonchev–Trinajstić information content (AvgIpc) is 2.67. The third kappa shape index (κ3) is 1.21. The van der Waals surface area contributed by atoms with Gasteiger partial charge >= 0.3 is 5.97 Å². The van der Waals surface area contributed by atoms with E-state index in [1.807, 2.05) is 19.9 Å². The second kappa shape index (κ2) is 2.94. The maximum Gasteiger partial charge on any atom is 0.314 e. The van der Waals surface area contributed by atoms with Crippen LogP contribution in [0.4, 0.5) is 0 Å². The molecule has 1 N–H and O–H groups in total. The quantitative estimate of drug-likeness (QED) is 0.852. The molecule has 1 atom stereocenters. The molecule has 0 spiro atoms. The summed E-state index contributed by atoms with van der Waals surface area (Å²) in [6.45, 7) is 4.17. The van der Waals surface area contributed by atoms with Crippen LogP contribution < -0.4 is 9.47 Å². The summed E-state index contributed by atoms with van der Waals surface area (Å²) in [6, 6.07) is 5.42. The molecule has 0 bridgehead atoms. The van der Waals surface area contributed by atoms with Gasteiger partial charge in [0.25, 0.3) is 0 Å². The first-order valence-electron chi connectivity index (χ1n) is 5.61. The Hall–Kier alpha value is -1.71. The summed E-state index contributed by atoms with van der Waals surface area (Å²) >= 11 is 0. The number of carboxylic acid groups (broad SMARTS) is 1. The molecule has 0 saturated heterocycles. The van der Waals surface area contributed by atoms with Gasteiger partial charge in [-0.2, -0.15) is 0 Å². The van der Waals surface area contributed by atoms with E-state index in [4.69, 9.17) is 9.47 Å². The maximum absolute atomic E-state index is 11.5. The molecule has 1 aliphatic carbocycles. The average molecular weight is 234 g/mol. The first-order chi connectivity index (χ1) is 7.97. The normalized spacial score (nSPS) is 27.9. The van der Waals surface area contributed by atoms with Gasteiger partial charge in [-0.15, -0.1) is 0 Å². The number of carbonyl (C=O) groups is 1. The highest BCUT2D eigenvalue weighted by Gasteiger charge is 2.67. The first-order valence-corrected chi connectivity index (χ1v) is 5.61. The molecular weight excluding hydrogens is 220 g/mol. The molecule has 1 fully saturated rings. The molecule has 0 aromatic heterocycles. The van der Waals surface area contributed by atoms with Gasteiger partial charge in [-0.1, -0.05) is 19.9 Å². The summed E-state index contributed by atoms with van der Waals surface area (Å²) < 4.78 is 10.5. The lowest BCUT2D eigenvalue weighted by molar-refractivity contribution is -0.141. The summed E-state index contributed by atoms with van der Waals surface area (Å²) in [6.07, 6.45) is 0.662. The van der Waals surface area contributed by atoms with Gasteiger partial charge in [0.2, 0.25) is 6.79 Å². The van der Waals surface area contributed by atoms with Crippen molar-refractivity contribution in [1.29, 1.82) is 0 Å². The highest BCUT2D eigenvalue weighted by Crippen LogP contribution is 2.65. The van der Waals surface area contributed by atoms with Crippen LogP contribution in [-0.4, -0.2) is 17.9 Å². The number of benzene rings is 1. The fraction of sp³-hybridized carbons (Fsp3) is 0.462. The smallest absolute Gasteiger partial charge is 0.314 e. The molecule has 90 valence electrons. The van der Waals surface area contributed by atoms with Crippen molar-refractivity contribution >= 4 is 5.97 Å². The number of ether oxygens (including phenoxy) is 2. The topological polar surface area (TPSA) is 55.8 Å². The Bertz CT molecular complexity index is 506. The van der Waals surface area contributed by atoms with Crippen molar-refractivity contribution in [3.63, 3.8) is 0 Å². The predicted molar refractivity (Wildman–Crippen MR) is 60.3 cm³/mol. The second-order valence-corrected chi connectivity index (χ2v) is 5.34. The van der Waals surface area contributed by atoms with Crippen LogP contribution in [0.15, 0.2) is 18.2 Å². The highest BCUT2D eigenvalue weighted by molar-refractivity contribution is 5.87. The molecule has 4 nitrogen and oxygen atoms in total. The molecule has 1 aromatic rings. The van der Waals surface area contributed by atoms with Crippen LogP contribution in [-0.2, 0) is 10.2 Å². The molecule has 0 amide bonds. The minimum atomic E-state index is -0.770. The van der Waals surface area contributed by atoms with E-state index < -0.39 is 11.4 Å². The van der Waals surface area contributed by atoms with Gasteiger partial charge in [0.1, 0.15) is 0 Å². The van der Waals surface area contributed by atoms with Gasteiger partial charge in [-0.05, 0) is 29.5 Å². The standard InChI is InChI=1S/C13H14O4/c1-12(2)6-13(12,11(14)15)8-3-4-9-10(5-8)17-7-16-9/h3-5H,6-7H2,1-2H3,(H,14,15). The Morgan fingerprint density at radius 2 is 1.94 bits per heavy atom. The van der Waals surface area contributed by atoms with E-state index in [1.165, 1.54) is 0 Å². The first kappa shape index (κ1) is 10.4. The van der Waals surface area contributed by atoms with Crippen LogP contribution in [0.3, 0.4) is 0 Å². The largest absolute Gasteiger partial charge is 0.481 e. The van der Waals surface area contributed by atoms with Gasteiger partial charge < -0.3 is 14.6 Å². The number of rotatable bonds is 2. The molecule has 1 aromatic carbocycles. The lowest BCUT2D eigenvalue weighted by atomic mass is 9.88. The van der Waals surface area contributed by atoms with Gasteiger partial charge in [-0.3, -0.25) is 4.79 Å². The minimum Gasteiger partial charge on any atom is -0.481 e. The summed E-state index contributed by atoms with van der Waals surface area (Å²) in [5, 5.41) is 9.47. The van der Waals surface area contributed by atoms with E-state index in [2.05, 4.69) is 0 Å². The van der Waals surface area contributed by atoms with Crippen molar-refractivity contribution < 1.29 is 19.4 Å². The van der Waals surface area contributed by atoms with Gasteiger partial charge in [0, 0.05) is 0 Å². The van der Waals surface area contributed by atoms with E-state index in [0.29, 0.717) is 17.9 Å². The van der Waals surface area contributed by atoms with E-state index in [-0.39, 0.29) is 12.2 Å². The van der Waals surface area contributed by atoms with Crippen molar-refractivity contribution in [1.82, 2.24) is 0 Å². The lowest BCUT2D eigenvalue weighted by Crippen LogP contribution is -2.25. The van der Waals surface area contributed by atoms with Gasteiger partial charge in [0.05, 0.1) is 5.41 Å². The predicted octanol–water partition coefficient (Wildman–Crippen LogP) is 2.17. The van der Waals surface area contributed by atoms with Crippen LogP contribution in [0.1, 0.15) is 25.8 Å². The molecule has 4 heteroatoms. The van der Waals surface area contributed by atoms with Gasteiger partial charge in [-0.25, -0.2) is 0 Å². The third-order valence-electron chi connectivity index (χ3n) is 3.97. The second-order valence-electron chi connectivity index (χ2n) is 5.34. The Labute approximate surface area is 99.2 Å². The zero-order valence-corrected chi connectivity index (χ0v) is 9.82. The van der Waals surface area contributed by atoms with E-state index in [0.717, 1.165) is 5.56 Å². The Morgan fingerprint density at radius 1 is 1.29 bits per heavy atom. The molecule has 1 aliphatic heterocycles. The highest BCUT2D eigenvalue weighted by atomic mass is 16.7. The van der Waals surface area contributed by atoms with Crippen molar-refractivity contribution in [2.75, 3.05) is 6.79 Å². The van der Waals surface area contributed by atoms with Crippen molar-refractivity contribution in [2.45, 2.75) is 25.7 Å². The van der Waals surface area contributed by atoms with Crippen LogP contribution in [0.25, 0.3) is 0 Å². The summed E-state index contributed by atoms with van der Waals surface area (Å²) in [5.74, 6) is 0.569. The van der Waals surface area contributed by atoms with E-state index in [9.17, 15) is 9.90 Å². The number of fused-ring (bicyclic) bond motifs is 1. The van der Waals surface area contributed by atoms with Crippen LogP contribution >= 0.6 is 0 Å². The number of hydrogen-bond donors (Lipinski definition) is 1. The molecule has 3 rings (SSSR count). The minimum absolute atomic E-state index is 0.202. The van der Waals surface area contributed by atoms with Gasteiger partial charge in [0.15, 0.2) is 11.5 Å². The zero-order valence-electron chi connectivity index (χ0n) is 9.82. The van der Waals surface area contributed by atoms with E-state index >= 15 is 0 Å². The van der Waals surface area contributed by atoms with Crippen LogP contribution in [0, 0.1) is 5.41 Å². The van der Waals surface area contributed by atoms with Crippen molar-refractivity contribution in [3.8, 4) is 11.5 Å². The number of carboxylic acids is 1. The number of aliphatic carboxylic acids is 1. The molecule has 1 unspecified atom stereocenters. The monoisotopic (exact) mass is 234 g/mol. The fourth-order valence-corrected chi connectivity index (χ4v) is 2.76. The summed E-state index contributed by atoms with van der Waals surface area (Å²) in [4.78, 5) is 11.5. The summed E-state index contributed by atoms with van der Waals surface area (Å²) in [5.41, 5.74) is -0.167.